The average Bonchev–Trinajstić information content (AvgIpc) is 3.37. The van der Waals surface area contributed by atoms with Crippen molar-refractivity contribution in [3.05, 3.63) is 94.5 Å². The van der Waals surface area contributed by atoms with Crippen LogP contribution < -0.4 is 9.64 Å². The van der Waals surface area contributed by atoms with Gasteiger partial charge in [-0.1, -0.05) is 35.9 Å². The molecular weight excluding hydrogens is 466 g/mol. The van der Waals surface area contributed by atoms with Crippen molar-refractivity contribution in [2.75, 3.05) is 12.0 Å². The van der Waals surface area contributed by atoms with Crippen LogP contribution in [0.5, 0.6) is 5.75 Å². The topological polar surface area (TPSA) is 79.3 Å². The highest BCUT2D eigenvalue weighted by Gasteiger charge is 2.65. The molecule has 8 heteroatoms. The predicted molar refractivity (Wildman–Crippen MR) is 131 cm³/mol. The number of benzene rings is 3. The second-order valence-electron chi connectivity index (χ2n) is 8.78. The third-order valence-electron chi connectivity index (χ3n) is 7.02. The number of Topliss-reactive ketones (excluding diaryl/α,β-unsaturated/α-hetero) is 1. The molecule has 35 heavy (non-hydrogen) atoms. The summed E-state index contributed by atoms with van der Waals surface area (Å²) in [4.78, 5) is 42.6. The number of carbonyl (C=O) groups excluding carboxylic acids is 3. The SMILES string of the molecule is COc1ccc(C(=O)[C@H]2[C@H]3C(=O)N(c4ccc(Cl)cc4)C(=O)[C@@H]3[C@H]3c4ccccc4C=NN32)cc1. The Labute approximate surface area is 206 Å². The first-order valence-corrected chi connectivity index (χ1v) is 11.6. The molecule has 2 amide bonds. The van der Waals surface area contributed by atoms with Crippen LogP contribution in [0.15, 0.2) is 77.9 Å². The highest BCUT2D eigenvalue weighted by Crippen LogP contribution is 2.53. The van der Waals surface area contributed by atoms with E-state index in [0.717, 1.165) is 11.1 Å². The van der Waals surface area contributed by atoms with Gasteiger partial charge in [0.15, 0.2) is 5.78 Å². The summed E-state index contributed by atoms with van der Waals surface area (Å²) >= 11 is 6.02. The van der Waals surface area contributed by atoms with Crippen molar-refractivity contribution in [1.29, 1.82) is 0 Å². The molecule has 2 fully saturated rings. The fourth-order valence-corrected chi connectivity index (χ4v) is 5.57. The van der Waals surface area contributed by atoms with Gasteiger partial charge in [-0.2, -0.15) is 5.10 Å². The molecule has 0 aromatic heterocycles. The fraction of sp³-hybridized carbons (Fsp3) is 0.185. The zero-order chi connectivity index (χ0) is 24.3. The minimum absolute atomic E-state index is 0.263. The van der Waals surface area contributed by atoms with Gasteiger partial charge in [0.05, 0.1) is 36.9 Å². The number of ether oxygens (including phenoxy) is 1. The predicted octanol–water partition coefficient (Wildman–Crippen LogP) is 4.11. The van der Waals surface area contributed by atoms with Gasteiger partial charge in [-0.15, -0.1) is 0 Å². The Bertz CT molecular complexity index is 1390. The second-order valence-corrected chi connectivity index (χ2v) is 9.21. The van der Waals surface area contributed by atoms with Crippen LogP contribution in [0.4, 0.5) is 5.69 Å². The molecule has 3 aromatic carbocycles. The van der Waals surface area contributed by atoms with E-state index in [1.807, 2.05) is 24.3 Å². The largest absolute Gasteiger partial charge is 0.497 e. The van der Waals surface area contributed by atoms with Crippen LogP contribution in [-0.4, -0.2) is 42.0 Å². The summed E-state index contributed by atoms with van der Waals surface area (Å²) in [5.41, 5.74) is 2.61. The maximum atomic E-state index is 13.8. The molecule has 3 aromatic rings. The van der Waals surface area contributed by atoms with Gasteiger partial charge in [0.25, 0.3) is 0 Å². The van der Waals surface area contributed by atoms with Crippen molar-refractivity contribution in [2.45, 2.75) is 12.1 Å². The first-order chi connectivity index (χ1) is 17.0. The third-order valence-corrected chi connectivity index (χ3v) is 7.27. The number of methoxy groups -OCH3 is 1. The van der Waals surface area contributed by atoms with Gasteiger partial charge in [-0.3, -0.25) is 19.4 Å². The number of imide groups is 1. The number of rotatable bonds is 4. The van der Waals surface area contributed by atoms with Crippen LogP contribution in [0.1, 0.15) is 27.5 Å². The molecule has 0 radical (unpaired) electrons. The molecule has 0 aliphatic carbocycles. The zero-order valence-electron chi connectivity index (χ0n) is 18.7. The highest BCUT2D eigenvalue weighted by molar-refractivity contribution is 6.31. The van der Waals surface area contributed by atoms with Crippen LogP contribution in [0.3, 0.4) is 0 Å². The second kappa shape index (κ2) is 8.06. The van der Waals surface area contributed by atoms with Crippen molar-refractivity contribution in [1.82, 2.24) is 5.01 Å². The molecule has 0 unspecified atom stereocenters. The molecule has 0 saturated carbocycles. The summed E-state index contributed by atoms with van der Waals surface area (Å²) in [7, 11) is 1.55. The number of nitrogens with zero attached hydrogens (tertiary/aromatic N) is 3. The minimum Gasteiger partial charge on any atom is -0.497 e. The summed E-state index contributed by atoms with van der Waals surface area (Å²) in [6, 6.07) is 19.5. The molecule has 3 aliphatic heterocycles. The van der Waals surface area contributed by atoms with Gasteiger partial charge in [-0.05, 0) is 59.7 Å². The number of anilines is 1. The lowest BCUT2D eigenvalue weighted by Crippen LogP contribution is -2.44. The molecule has 3 aliphatic rings. The number of carbonyl (C=O) groups is 3. The zero-order valence-corrected chi connectivity index (χ0v) is 19.4. The van der Waals surface area contributed by atoms with E-state index in [0.29, 0.717) is 22.0 Å². The number of halogens is 1. The maximum absolute atomic E-state index is 13.8. The number of ketones is 1. The smallest absolute Gasteiger partial charge is 0.240 e. The van der Waals surface area contributed by atoms with E-state index in [1.165, 1.54) is 4.90 Å². The standard InChI is InChI=1S/C27H20ClN3O4/c1-35-19-12-6-15(7-13-19)25(32)24-22-21(23-20-5-3-2-4-16(20)14-29-31(23)24)26(33)30(27(22)34)18-10-8-17(28)9-11-18/h2-14,21-24H,1H3/t21-,22-,23+,24+/m0/s1. The Morgan fingerprint density at radius 1 is 0.914 bits per heavy atom. The first kappa shape index (κ1) is 21.6. The summed E-state index contributed by atoms with van der Waals surface area (Å²) in [5, 5.41) is 6.73. The van der Waals surface area contributed by atoms with Crippen molar-refractivity contribution in [3.63, 3.8) is 0 Å². The lowest BCUT2D eigenvalue weighted by atomic mass is 9.83. The number of hydrogen-bond donors (Lipinski definition) is 0. The fourth-order valence-electron chi connectivity index (χ4n) is 5.44. The van der Waals surface area contributed by atoms with Crippen LogP contribution in [0.2, 0.25) is 5.02 Å². The molecule has 4 atom stereocenters. The van der Waals surface area contributed by atoms with Crippen molar-refractivity contribution in [3.8, 4) is 5.75 Å². The van der Waals surface area contributed by atoms with Crippen molar-refractivity contribution >= 4 is 41.1 Å². The quantitative estimate of drug-likeness (QED) is 0.410. The summed E-state index contributed by atoms with van der Waals surface area (Å²) in [5.74, 6) is -2.01. The minimum atomic E-state index is -0.920. The summed E-state index contributed by atoms with van der Waals surface area (Å²) in [6.07, 6.45) is 1.69. The van der Waals surface area contributed by atoms with Crippen LogP contribution in [0.25, 0.3) is 0 Å². The molecule has 174 valence electrons. The number of hydrazone groups is 1. The van der Waals surface area contributed by atoms with E-state index in [2.05, 4.69) is 5.10 Å². The molecule has 2 saturated heterocycles. The van der Waals surface area contributed by atoms with Gasteiger partial charge < -0.3 is 4.74 Å². The Hall–Kier alpha value is -3.97. The van der Waals surface area contributed by atoms with E-state index in [9.17, 15) is 14.4 Å². The van der Waals surface area contributed by atoms with Crippen LogP contribution in [0, 0.1) is 11.8 Å². The Morgan fingerprint density at radius 2 is 1.60 bits per heavy atom. The average molecular weight is 486 g/mol. The van der Waals surface area contributed by atoms with Crippen molar-refractivity contribution in [2.24, 2.45) is 16.9 Å². The summed E-state index contributed by atoms with van der Waals surface area (Å²) < 4.78 is 5.21. The summed E-state index contributed by atoms with van der Waals surface area (Å²) in [6.45, 7) is 0. The Kier molecular flexibility index (Phi) is 4.96. The monoisotopic (exact) mass is 485 g/mol. The van der Waals surface area contributed by atoms with E-state index < -0.39 is 29.8 Å². The van der Waals surface area contributed by atoms with Gasteiger partial charge in [0.1, 0.15) is 11.8 Å². The van der Waals surface area contributed by atoms with E-state index in [4.69, 9.17) is 16.3 Å². The van der Waals surface area contributed by atoms with Gasteiger partial charge in [0.2, 0.25) is 11.8 Å². The Balaban J connectivity index is 1.47. The first-order valence-electron chi connectivity index (χ1n) is 11.2. The van der Waals surface area contributed by atoms with Gasteiger partial charge in [0, 0.05) is 10.6 Å². The number of amides is 2. The highest BCUT2D eigenvalue weighted by atomic mass is 35.5. The van der Waals surface area contributed by atoms with E-state index in [-0.39, 0.29) is 11.7 Å². The normalized spacial score (nSPS) is 24.3. The van der Waals surface area contributed by atoms with Crippen LogP contribution in [-0.2, 0) is 9.59 Å². The lowest BCUT2D eigenvalue weighted by Gasteiger charge is -2.33. The maximum Gasteiger partial charge on any atom is 0.240 e. The van der Waals surface area contributed by atoms with Gasteiger partial charge in [-0.25, -0.2) is 4.90 Å². The molecular formula is C27H20ClN3O4. The molecule has 0 spiro atoms. The Morgan fingerprint density at radius 3 is 2.31 bits per heavy atom. The molecule has 7 nitrogen and oxygen atoms in total. The third kappa shape index (κ3) is 3.19. The molecule has 0 N–H and O–H groups in total. The van der Waals surface area contributed by atoms with E-state index >= 15 is 0 Å². The van der Waals surface area contributed by atoms with Crippen LogP contribution >= 0.6 is 11.6 Å². The molecule has 0 bridgehead atoms. The number of hydrogen-bond acceptors (Lipinski definition) is 6. The number of fused-ring (bicyclic) bond motifs is 5. The lowest BCUT2D eigenvalue weighted by molar-refractivity contribution is -0.124. The van der Waals surface area contributed by atoms with Gasteiger partial charge >= 0.3 is 0 Å². The molecule has 3 heterocycles. The van der Waals surface area contributed by atoms with E-state index in [1.54, 1.807) is 66.9 Å². The molecule has 6 rings (SSSR count). The van der Waals surface area contributed by atoms with Crippen molar-refractivity contribution < 1.29 is 19.1 Å².